The van der Waals surface area contributed by atoms with E-state index in [4.69, 9.17) is 22.2 Å². The maximum Gasteiger partial charge on any atom is 0.119 e. The van der Waals surface area contributed by atoms with Gasteiger partial charge < -0.3 is 10.6 Å². The van der Waals surface area contributed by atoms with Crippen molar-refractivity contribution in [2.45, 2.75) is 6.61 Å². The number of benzene rings is 2. The Labute approximate surface area is 111 Å². The molecule has 0 aliphatic heterocycles. The summed E-state index contributed by atoms with van der Waals surface area (Å²) in [5.74, 6) is 5.87. The minimum Gasteiger partial charge on any atom is -0.489 e. The van der Waals surface area contributed by atoms with Crippen molar-refractivity contribution in [2.75, 3.05) is 0 Å². The van der Waals surface area contributed by atoms with Crippen LogP contribution in [0.1, 0.15) is 11.1 Å². The molecule has 0 unspecified atom stereocenters. The van der Waals surface area contributed by atoms with E-state index in [0.29, 0.717) is 11.6 Å². The fraction of sp³-hybridized carbons (Fsp3) is 0.0714. The highest BCUT2D eigenvalue weighted by Gasteiger charge is 1.97. The summed E-state index contributed by atoms with van der Waals surface area (Å²) in [4.78, 5) is 0. The van der Waals surface area contributed by atoms with Gasteiger partial charge in [-0.15, -0.1) is 0 Å². The van der Waals surface area contributed by atoms with E-state index >= 15 is 0 Å². The van der Waals surface area contributed by atoms with E-state index in [1.54, 1.807) is 6.21 Å². The van der Waals surface area contributed by atoms with Crippen LogP contribution in [0.2, 0.25) is 5.02 Å². The van der Waals surface area contributed by atoms with Crippen LogP contribution in [0.15, 0.2) is 53.6 Å². The molecule has 4 heteroatoms. The second-order valence-corrected chi connectivity index (χ2v) is 4.20. The normalized spacial score (nSPS) is 10.7. The molecule has 92 valence electrons. The second-order valence-electron chi connectivity index (χ2n) is 3.77. The largest absolute Gasteiger partial charge is 0.489 e. The van der Waals surface area contributed by atoms with Crippen LogP contribution in [0.25, 0.3) is 0 Å². The minimum absolute atomic E-state index is 0.491. The lowest BCUT2D eigenvalue weighted by Gasteiger charge is -2.06. The van der Waals surface area contributed by atoms with Crippen LogP contribution in [0.3, 0.4) is 0 Å². The Balaban J connectivity index is 1.98. The zero-order valence-electron chi connectivity index (χ0n) is 9.71. The molecule has 2 aromatic carbocycles. The monoisotopic (exact) mass is 260 g/mol. The molecular weight excluding hydrogens is 248 g/mol. The van der Waals surface area contributed by atoms with Crippen LogP contribution < -0.4 is 10.6 Å². The summed E-state index contributed by atoms with van der Waals surface area (Å²) < 4.78 is 5.65. The van der Waals surface area contributed by atoms with E-state index in [2.05, 4.69) is 5.10 Å². The summed E-state index contributed by atoms with van der Waals surface area (Å²) in [5.41, 5.74) is 1.97. The van der Waals surface area contributed by atoms with Crippen molar-refractivity contribution in [2.24, 2.45) is 10.9 Å². The van der Waals surface area contributed by atoms with E-state index in [-0.39, 0.29) is 0 Å². The minimum atomic E-state index is 0.491. The van der Waals surface area contributed by atoms with Crippen LogP contribution >= 0.6 is 11.6 Å². The number of nitrogens with two attached hydrogens (primary N) is 1. The third kappa shape index (κ3) is 3.50. The molecule has 0 aliphatic rings. The molecule has 2 aromatic rings. The summed E-state index contributed by atoms with van der Waals surface area (Å²) in [6, 6.07) is 15.1. The van der Waals surface area contributed by atoms with Gasteiger partial charge in [0.2, 0.25) is 0 Å². The van der Waals surface area contributed by atoms with Gasteiger partial charge in [0, 0.05) is 5.02 Å². The first-order valence-corrected chi connectivity index (χ1v) is 5.86. The highest BCUT2D eigenvalue weighted by molar-refractivity contribution is 6.30. The van der Waals surface area contributed by atoms with Crippen molar-refractivity contribution >= 4 is 17.8 Å². The molecule has 0 spiro atoms. The molecular formula is C14H13ClN2O. The molecule has 0 fully saturated rings. The molecule has 0 saturated carbocycles. The van der Waals surface area contributed by atoms with Gasteiger partial charge in [-0.3, -0.25) is 0 Å². The summed E-state index contributed by atoms with van der Waals surface area (Å²) in [7, 11) is 0. The zero-order chi connectivity index (χ0) is 12.8. The van der Waals surface area contributed by atoms with Gasteiger partial charge in [0.1, 0.15) is 12.4 Å². The first kappa shape index (κ1) is 12.5. The maximum absolute atomic E-state index is 5.90. The van der Waals surface area contributed by atoms with Gasteiger partial charge in [0.05, 0.1) is 6.21 Å². The zero-order valence-corrected chi connectivity index (χ0v) is 10.5. The molecule has 0 radical (unpaired) electrons. The number of hydrazone groups is 1. The Morgan fingerprint density at radius 2 is 1.94 bits per heavy atom. The van der Waals surface area contributed by atoms with E-state index in [1.165, 1.54) is 0 Å². The molecule has 2 N–H and O–H groups in total. The fourth-order valence-corrected chi connectivity index (χ4v) is 1.74. The Morgan fingerprint density at radius 1 is 1.17 bits per heavy atom. The molecule has 2 rings (SSSR count). The number of nitrogens with zero attached hydrogens (tertiary/aromatic N) is 1. The molecule has 3 nitrogen and oxygen atoms in total. The third-order valence-corrected chi connectivity index (χ3v) is 2.63. The first-order valence-electron chi connectivity index (χ1n) is 5.48. The first-order chi connectivity index (χ1) is 8.78. The van der Waals surface area contributed by atoms with Crippen molar-refractivity contribution in [3.63, 3.8) is 0 Å². The standard InChI is InChI=1S/C14H13ClN2O/c15-13-3-1-2-12(8-13)10-18-14-6-4-11(5-7-14)9-17-16/h1-9H,10,16H2. The van der Waals surface area contributed by atoms with Crippen LogP contribution in [0.4, 0.5) is 0 Å². The predicted molar refractivity (Wildman–Crippen MR) is 74.0 cm³/mol. The molecule has 0 bridgehead atoms. The van der Waals surface area contributed by atoms with Crippen molar-refractivity contribution in [3.05, 3.63) is 64.7 Å². The lowest BCUT2D eigenvalue weighted by atomic mass is 10.2. The van der Waals surface area contributed by atoms with Crippen molar-refractivity contribution in [3.8, 4) is 5.75 Å². The summed E-state index contributed by atoms with van der Waals surface area (Å²) >= 11 is 5.90. The Morgan fingerprint density at radius 3 is 2.61 bits per heavy atom. The van der Waals surface area contributed by atoms with Gasteiger partial charge in [0.15, 0.2) is 0 Å². The number of hydrogen-bond acceptors (Lipinski definition) is 3. The summed E-state index contributed by atoms with van der Waals surface area (Å²) in [6.07, 6.45) is 1.58. The smallest absolute Gasteiger partial charge is 0.119 e. The van der Waals surface area contributed by atoms with Gasteiger partial charge in [-0.1, -0.05) is 23.7 Å². The average molecular weight is 261 g/mol. The molecule has 0 heterocycles. The Hall–Kier alpha value is -2.00. The molecule has 0 saturated heterocycles. The van der Waals surface area contributed by atoms with Gasteiger partial charge in [-0.05, 0) is 47.5 Å². The van der Waals surface area contributed by atoms with Crippen LogP contribution in [0, 0.1) is 0 Å². The van der Waals surface area contributed by atoms with Gasteiger partial charge in [-0.25, -0.2) is 0 Å². The van der Waals surface area contributed by atoms with Crippen molar-refractivity contribution in [1.82, 2.24) is 0 Å². The van der Waals surface area contributed by atoms with Crippen molar-refractivity contribution in [1.29, 1.82) is 0 Å². The summed E-state index contributed by atoms with van der Waals surface area (Å²) in [6.45, 7) is 0.491. The van der Waals surface area contributed by atoms with Crippen LogP contribution in [-0.4, -0.2) is 6.21 Å². The third-order valence-electron chi connectivity index (χ3n) is 2.40. The summed E-state index contributed by atoms with van der Waals surface area (Å²) in [5, 5.41) is 4.17. The quantitative estimate of drug-likeness (QED) is 0.521. The van der Waals surface area contributed by atoms with Gasteiger partial charge >= 0.3 is 0 Å². The number of rotatable bonds is 4. The van der Waals surface area contributed by atoms with E-state index in [9.17, 15) is 0 Å². The predicted octanol–water partition coefficient (Wildman–Crippen LogP) is 3.21. The Kier molecular flexibility index (Phi) is 4.20. The highest BCUT2D eigenvalue weighted by Crippen LogP contribution is 2.15. The number of ether oxygens (including phenoxy) is 1. The lowest BCUT2D eigenvalue weighted by Crippen LogP contribution is -1.95. The lowest BCUT2D eigenvalue weighted by molar-refractivity contribution is 0.306. The second kappa shape index (κ2) is 6.07. The number of hydrogen-bond donors (Lipinski definition) is 1. The fourth-order valence-electron chi connectivity index (χ4n) is 1.53. The van der Waals surface area contributed by atoms with E-state index < -0.39 is 0 Å². The van der Waals surface area contributed by atoms with Gasteiger partial charge in [-0.2, -0.15) is 5.10 Å². The maximum atomic E-state index is 5.90. The number of halogens is 1. The van der Waals surface area contributed by atoms with Gasteiger partial charge in [0.25, 0.3) is 0 Å². The van der Waals surface area contributed by atoms with E-state index in [1.807, 2.05) is 48.5 Å². The topological polar surface area (TPSA) is 47.6 Å². The Bertz CT molecular complexity index is 538. The van der Waals surface area contributed by atoms with Crippen LogP contribution in [0.5, 0.6) is 5.75 Å². The van der Waals surface area contributed by atoms with Crippen LogP contribution in [-0.2, 0) is 6.61 Å². The molecule has 0 aromatic heterocycles. The van der Waals surface area contributed by atoms with E-state index in [0.717, 1.165) is 16.9 Å². The molecule has 0 atom stereocenters. The SMILES string of the molecule is NN=Cc1ccc(OCc2cccc(Cl)c2)cc1. The molecule has 0 aliphatic carbocycles. The average Bonchev–Trinajstić information content (AvgIpc) is 2.38. The molecule has 0 amide bonds. The highest BCUT2D eigenvalue weighted by atomic mass is 35.5. The van der Waals surface area contributed by atoms with Crippen molar-refractivity contribution < 1.29 is 4.74 Å². The molecule has 18 heavy (non-hydrogen) atoms.